The van der Waals surface area contributed by atoms with Crippen molar-refractivity contribution in [3.05, 3.63) is 15.6 Å². The molecule has 1 aliphatic rings. The van der Waals surface area contributed by atoms with Crippen LogP contribution >= 0.6 is 11.3 Å². The minimum atomic E-state index is -0.179. The molecule has 1 aliphatic carbocycles. The Labute approximate surface area is 112 Å². The number of aromatic nitrogens is 1. The van der Waals surface area contributed by atoms with E-state index in [1.54, 1.807) is 11.3 Å². The van der Waals surface area contributed by atoms with E-state index < -0.39 is 0 Å². The first-order valence-corrected chi connectivity index (χ1v) is 7.29. The van der Waals surface area contributed by atoms with Gasteiger partial charge < -0.3 is 5.32 Å². The second-order valence-electron chi connectivity index (χ2n) is 5.07. The zero-order valence-corrected chi connectivity index (χ0v) is 12.2. The largest absolute Gasteiger partial charge is 0.352 e. The molecule has 0 bridgehead atoms. The van der Waals surface area contributed by atoms with Crippen molar-refractivity contribution >= 4 is 17.2 Å². The molecule has 100 valence electrons. The summed E-state index contributed by atoms with van der Waals surface area (Å²) in [5.41, 5.74) is 1.06. The number of rotatable bonds is 5. The molecule has 1 aromatic rings. The summed E-state index contributed by atoms with van der Waals surface area (Å²) in [6, 6.07) is 0.345. The number of nitrogens with zero attached hydrogens (tertiary/aromatic N) is 1. The summed E-state index contributed by atoms with van der Waals surface area (Å²) in [5, 5.41) is 7.40. The van der Waals surface area contributed by atoms with Crippen LogP contribution in [0.5, 0.6) is 0 Å². The number of amides is 1. The number of nitrogens with one attached hydrogen (secondary N) is 2. The van der Waals surface area contributed by atoms with Crippen molar-refractivity contribution in [3.63, 3.8) is 0 Å². The van der Waals surface area contributed by atoms with E-state index in [2.05, 4.69) is 29.5 Å². The molecule has 1 fully saturated rings. The second-order valence-corrected chi connectivity index (χ2v) is 6.47. The van der Waals surface area contributed by atoms with E-state index in [0.29, 0.717) is 6.04 Å². The van der Waals surface area contributed by atoms with Crippen molar-refractivity contribution in [2.24, 2.45) is 0 Å². The van der Waals surface area contributed by atoms with Gasteiger partial charge in [0, 0.05) is 17.0 Å². The maximum atomic E-state index is 11.9. The normalized spacial score (nSPS) is 18.4. The molecule has 2 unspecified atom stereocenters. The van der Waals surface area contributed by atoms with Crippen molar-refractivity contribution in [2.75, 3.05) is 0 Å². The topological polar surface area (TPSA) is 54.0 Å². The van der Waals surface area contributed by atoms with Crippen LogP contribution in [0, 0.1) is 13.8 Å². The highest BCUT2D eigenvalue weighted by atomic mass is 32.1. The lowest BCUT2D eigenvalue weighted by Crippen LogP contribution is -2.44. The molecule has 2 N–H and O–H groups in total. The van der Waals surface area contributed by atoms with Gasteiger partial charge in [0.2, 0.25) is 5.91 Å². The zero-order valence-electron chi connectivity index (χ0n) is 11.4. The van der Waals surface area contributed by atoms with E-state index in [-0.39, 0.29) is 18.0 Å². The van der Waals surface area contributed by atoms with Crippen molar-refractivity contribution in [1.82, 2.24) is 15.6 Å². The molecule has 0 aliphatic heterocycles. The highest BCUT2D eigenvalue weighted by Crippen LogP contribution is 2.23. The van der Waals surface area contributed by atoms with E-state index in [4.69, 9.17) is 0 Å². The molecule has 2 rings (SSSR count). The Morgan fingerprint density at radius 1 is 1.39 bits per heavy atom. The molecule has 4 nitrogen and oxygen atoms in total. The number of hydrogen-bond acceptors (Lipinski definition) is 4. The fourth-order valence-electron chi connectivity index (χ4n) is 2.03. The third-order valence-electron chi connectivity index (χ3n) is 3.17. The molecule has 2 atom stereocenters. The van der Waals surface area contributed by atoms with E-state index in [0.717, 1.165) is 23.5 Å². The highest BCUT2D eigenvalue weighted by Gasteiger charge is 2.26. The maximum absolute atomic E-state index is 11.9. The fraction of sp³-hybridized carbons (Fsp3) is 0.692. The summed E-state index contributed by atoms with van der Waals surface area (Å²) < 4.78 is 0. The van der Waals surface area contributed by atoms with Gasteiger partial charge in [-0.3, -0.25) is 10.1 Å². The van der Waals surface area contributed by atoms with Crippen molar-refractivity contribution in [2.45, 2.75) is 58.7 Å². The molecule has 0 radical (unpaired) electrons. The Morgan fingerprint density at radius 3 is 2.56 bits per heavy atom. The molecule has 1 saturated carbocycles. The van der Waals surface area contributed by atoms with Crippen molar-refractivity contribution in [1.29, 1.82) is 0 Å². The van der Waals surface area contributed by atoms with Crippen LogP contribution in [0.2, 0.25) is 0 Å². The quantitative estimate of drug-likeness (QED) is 0.859. The summed E-state index contributed by atoms with van der Waals surface area (Å²) in [4.78, 5) is 17.6. The van der Waals surface area contributed by atoms with Gasteiger partial charge in [-0.1, -0.05) is 0 Å². The highest BCUT2D eigenvalue weighted by molar-refractivity contribution is 7.11. The second kappa shape index (κ2) is 5.36. The Morgan fingerprint density at radius 2 is 2.06 bits per heavy atom. The first-order valence-electron chi connectivity index (χ1n) is 6.47. The Kier molecular flexibility index (Phi) is 4.02. The summed E-state index contributed by atoms with van der Waals surface area (Å²) >= 11 is 1.70. The Hall–Kier alpha value is -0.940. The number of hydrogen-bond donors (Lipinski definition) is 2. The average molecular weight is 267 g/mol. The van der Waals surface area contributed by atoms with Crippen LogP contribution in [0.4, 0.5) is 0 Å². The SMILES string of the molecule is Cc1nc(C(C)NC(C)C(=O)NC2CC2)c(C)s1. The lowest BCUT2D eigenvalue weighted by Gasteiger charge is -2.19. The first-order chi connectivity index (χ1) is 8.47. The number of carbonyl (C=O) groups is 1. The average Bonchev–Trinajstić information content (AvgIpc) is 3.02. The van der Waals surface area contributed by atoms with E-state index in [1.165, 1.54) is 4.88 Å². The fourth-order valence-corrected chi connectivity index (χ4v) is 2.94. The van der Waals surface area contributed by atoms with Gasteiger partial charge in [0.05, 0.1) is 16.7 Å². The molecule has 5 heteroatoms. The standard InChI is InChI=1S/C13H21N3OS/c1-7(12-9(3)18-10(4)15-12)14-8(2)13(17)16-11-5-6-11/h7-8,11,14H,5-6H2,1-4H3,(H,16,17). The first kappa shape index (κ1) is 13.5. The van der Waals surface area contributed by atoms with Gasteiger partial charge in [-0.2, -0.15) is 0 Å². The van der Waals surface area contributed by atoms with Crippen LogP contribution in [0.25, 0.3) is 0 Å². The zero-order chi connectivity index (χ0) is 13.3. The van der Waals surface area contributed by atoms with E-state index >= 15 is 0 Å². The monoisotopic (exact) mass is 267 g/mol. The predicted molar refractivity (Wildman–Crippen MR) is 73.8 cm³/mol. The number of thiazole rings is 1. The Balaban J connectivity index is 1.91. The van der Waals surface area contributed by atoms with Crippen LogP contribution in [0.15, 0.2) is 0 Å². The summed E-state index contributed by atoms with van der Waals surface area (Å²) in [6.45, 7) is 8.05. The van der Waals surface area contributed by atoms with Crippen LogP contribution in [0.1, 0.15) is 48.3 Å². The van der Waals surface area contributed by atoms with Gasteiger partial charge in [-0.05, 0) is 40.5 Å². The lowest BCUT2D eigenvalue weighted by atomic mass is 10.2. The summed E-state index contributed by atoms with van der Waals surface area (Å²) in [6.07, 6.45) is 2.25. The van der Waals surface area contributed by atoms with Crippen LogP contribution in [0.3, 0.4) is 0 Å². The molecular weight excluding hydrogens is 246 g/mol. The van der Waals surface area contributed by atoms with Gasteiger partial charge in [-0.15, -0.1) is 11.3 Å². The lowest BCUT2D eigenvalue weighted by molar-refractivity contribution is -0.123. The molecule has 1 heterocycles. The van der Waals surface area contributed by atoms with Crippen LogP contribution < -0.4 is 10.6 Å². The van der Waals surface area contributed by atoms with Gasteiger partial charge in [0.15, 0.2) is 0 Å². The molecular formula is C13H21N3OS. The predicted octanol–water partition coefficient (Wildman–Crippen LogP) is 2.08. The Bertz CT molecular complexity index is 439. The van der Waals surface area contributed by atoms with E-state index in [9.17, 15) is 4.79 Å². The van der Waals surface area contributed by atoms with Gasteiger partial charge in [0.1, 0.15) is 0 Å². The number of carbonyl (C=O) groups excluding carboxylic acids is 1. The minimum Gasteiger partial charge on any atom is -0.352 e. The molecule has 0 spiro atoms. The third kappa shape index (κ3) is 3.29. The van der Waals surface area contributed by atoms with Crippen molar-refractivity contribution in [3.8, 4) is 0 Å². The van der Waals surface area contributed by atoms with Gasteiger partial charge in [0.25, 0.3) is 0 Å². The summed E-state index contributed by atoms with van der Waals surface area (Å²) in [7, 11) is 0. The maximum Gasteiger partial charge on any atom is 0.237 e. The van der Waals surface area contributed by atoms with Crippen LogP contribution in [-0.2, 0) is 4.79 Å². The van der Waals surface area contributed by atoms with Crippen LogP contribution in [-0.4, -0.2) is 23.0 Å². The molecule has 18 heavy (non-hydrogen) atoms. The van der Waals surface area contributed by atoms with Gasteiger partial charge in [-0.25, -0.2) is 4.98 Å². The molecule has 0 aromatic carbocycles. The molecule has 1 amide bonds. The van der Waals surface area contributed by atoms with E-state index in [1.807, 2.05) is 13.8 Å². The minimum absolute atomic E-state index is 0.0916. The van der Waals surface area contributed by atoms with Gasteiger partial charge >= 0.3 is 0 Å². The number of aryl methyl sites for hydroxylation is 2. The molecule has 0 saturated heterocycles. The summed E-state index contributed by atoms with van der Waals surface area (Å²) in [5.74, 6) is 0.0916. The molecule has 1 aromatic heterocycles. The third-order valence-corrected chi connectivity index (χ3v) is 4.07. The van der Waals surface area contributed by atoms with Crippen molar-refractivity contribution < 1.29 is 4.79 Å². The smallest absolute Gasteiger partial charge is 0.237 e.